The first-order valence-corrected chi connectivity index (χ1v) is 8.35. The van der Waals surface area contributed by atoms with Gasteiger partial charge in [0.1, 0.15) is 11.5 Å². The SMILES string of the molecule is CCn1nc(C(C)C)cc1C(=O)NCc1nc2ccc(Cl)cc2[nH]1. The highest BCUT2D eigenvalue weighted by atomic mass is 35.5. The summed E-state index contributed by atoms with van der Waals surface area (Å²) in [5, 5.41) is 8.01. The highest BCUT2D eigenvalue weighted by Gasteiger charge is 2.16. The lowest BCUT2D eigenvalue weighted by molar-refractivity contribution is 0.0939. The summed E-state index contributed by atoms with van der Waals surface area (Å²) in [5.41, 5.74) is 3.16. The van der Waals surface area contributed by atoms with Crippen molar-refractivity contribution in [1.82, 2.24) is 25.1 Å². The van der Waals surface area contributed by atoms with Crippen molar-refractivity contribution in [2.75, 3.05) is 0 Å². The van der Waals surface area contributed by atoms with Crippen LogP contribution in [0.2, 0.25) is 5.02 Å². The summed E-state index contributed by atoms with van der Waals surface area (Å²) in [4.78, 5) is 20.1. The number of nitrogens with zero attached hydrogens (tertiary/aromatic N) is 3. The monoisotopic (exact) mass is 345 g/mol. The fraction of sp³-hybridized carbons (Fsp3) is 0.353. The fourth-order valence-corrected chi connectivity index (χ4v) is 2.69. The molecule has 0 radical (unpaired) electrons. The molecular weight excluding hydrogens is 326 g/mol. The summed E-state index contributed by atoms with van der Waals surface area (Å²) in [6.45, 7) is 7.06. The molecule has 3 aromatic rings. The largest absolute Gasteiger partial charge is 0.343 e. The highest BCUT2D eigenvalue weighted by Crippen LogP contribution is 2.17. The number of imidazole rings is 1. The predicted molar refractivity (Wildman–Crippen MR) is 94.3 cm³/mol. The molecule has 7 heteroatoms. The van der Waals surface area contributed by atoms with E-state index >= 15 is 0 Å². The van der Waals surface area contributed by atoms with Crippen LogP contribution in [0.4, 0.5) is 0 Å². The fourth-order valence-electron chi connectivity index (χ4n) is 2.52. The number of halogens is 1. The average Bonchev–Trinajstić information content (AvgIpc) is 3.15. The smallest absolute Gasteiger partial charge is 0.269 e. The van der Waals surface area contributed by atoms with E-state index in [9.17, 15) is 4.79 Å². The number of aryl methyl sites for hydroxylation is 1. The molecule has 0 aliphatic carbocycles. The van der Waals surface area contributed by atoms with Gasteiger partial charge in [-0.15, -0.1) is 0 Å². The van der Waals surface area contributed by atoms with Gasteiger partial charge in [0.25, 0.3) is 5.91 Å². The molecule has 0 bridgehead atoms. The van der Waals surface area contributed by atoms with Crippen LogP contribution in [0, 0.1) is 0 Å². The number of aromatic nitrogens is 4. The van der Waals surface area contributed by atoms with Gasteiger partial charge >= 0.3 is 0 Å². The molecule has 0 saturated heterocycles. The minimum absolute atomic E-state index is 0.158. The molecule has 0 unspecified atom stereocenters. The van der Waals surface area contributed by atoms with E-state index in [1.54, 1.807) is 10.7 Å². The minimum atomic E-state index is -0.158. The second-order valence-electron chi connectivity index (χ2n) is 5.95. The molecule has 6 nitrogen and oxygen atoms in total. The first-order chi connectivity index (χ1) is 11.5. The predicted octanol–water partition coefficient (Wildman–Crippen LogP) is 3.49. The summed E-state index contributed by atoms with van der Waals surface area (Å²) in [7, 11) is 0. The van der Waals surface area contributed by atoms with Crippen molar-refractivity contribution < 1.29 is 4.79 Å². The van der Waals surface area contributed by atoms with Crippen molar-refractivity contribution in [3.05, 3.63) is 46.5 Å². The van der Waals surface area contributed by atoms with Gasteiger partial charge in [-0.2, -0.15) is 5.10 Å². The second kappa shape index (κ2) is 6.65. The quantitative estimate of drug-likeness (QED) is 0.743. The molecule has 0 atom stereocenters. The zero-order chi connectivity index (χ0) is 17.3. The normalized spacial score (nSPS) is 11.4. The Morgan fingerprint density at radius 2 is 2.17 bits per heavy atom. The molecule has 0 saturated carbocycles. The Morgan fingerprint density at radius 3 is 2.88 bits per heavy atom. The van der Waals surface area contributed by atoms with E-state index in [0.29, 0.717) is 29.6 Å². The number of nitrogens with one attached hydrogen (secondary N) is 2. The van der Waals surface area contributed by atoms with Crippen molar-refractivity contribution in [3.63, 3.8) is 0 Å². The van der Waals surface area contributed by atoms with Gasteiger partial charge in [0, 0.05) is 11.6 Å². The van der Waals surface area contributed by atoms with Gasteiger partial charge in [-0.3, -0.25) is 9.48 Å². The summed E-state index contributed by atoms with van der Waals surface area (Å²) >= 11 is 5.97. The number of fused-ring (bicyclic) bond motifs is 1. The summed E-state index contributed by atoms with van der Waals surface area (Å²) in [5.74, 6) is 0.812. The van der Waals surface area contributed by atoms with E-state index in [4.69, 9.17) is 11.6 Å². The van der Waals surface area contributed by atoms with Crippen LogP contribution in [-0.2, 0) is 13.1 Å². The maximum atomic E-state index is 12.5. The Morgan fingerprint density at radius 1 is 1.38 bits per heavy atom. The molecule has 3 rings (SSSR count). The average molecular weight is 346 g/mol. The van der Waals surface area contributed by atoms with Gasteiger partial charge in [-0.1, -0.05) is 25.4 Å². The Kier molecular flexibility index (Phi) is 4.57. The van der Waals surface area contributed by atoms with Crippen molar-refractivity contribution in [3.8, 4) is 0 Å². The number of hydrogen-bond donors (Lipinski definition) is 2. The molecule has 126 valence electrons. The van der Waals surface area contributed by atoms with Crippen LogP contribution < -0.4 is 5.32 Å². The summed E-state index contributed by atoms with van der Waals surface area (Å²) in [6, 6.07) is 7.30. The van der Waals surface area contributed by atoms with E-state index in [1.807, 2.05) is 25.1 Å². The lowest BCUT2D eigenvalue weighted by Gasteiger charge is -2.05. The van der Waals surface area contributed by atoms with E-state index in [-0.39, 0.29) is 11.8 Å². The Balaban J connectivity index is 1.74. The molecule has 0 aliphatic rings. The number of aromatic amines is 1. The third-order valence-corrected chi connectivity index (χ3v) is 4.07. The number of carbonyl (C=O) groups excluding carboxylic acids is 1. The van der Waals surface area contributed by atoms with Gasteiger partial charge in [0.05, 0.1) is 23.3 Å². The van der Waals surface area contributed by atoms with Crippen LogP contribution in [0.25, 0.3) is 11.0 Å². The van der Waals surface area contributed by atoms with Gasteiger partial charge < -0.3 is 10.3 Å². The maximum Gasteiger partial charge on any atom is 0.269 e. The molecular formula is C17H20ClN5O. The van der Waals surface area contributed by atoms with Crippen molar-refractivity contribution in [1.29, 1.82) is 0 Å². The van der Waals surface area contributed by atoms with E-state index in [2.05, 4.69) is 34.2 Å². The molecule has 2 N–H and O–H groups in total. The van der Waals surface area contributed by atoms with Crippen molar-refractivity contribution in [2.24, 2.45) is 0 Å². The molecule has 2 heterocycles. The van der Waals surface area contributed by atoms with Crippen LogP contribution in [0.5, 0.6) is 0 Å². The van der Waals surface area contributed by atoms with Gasteiger partial charge in [-0.05, 0) is 37.1 Å². The van der Waals surface area contributed by atoms with Gasteiger partial charge in [0.15, 0.2) is 0 Å². The lowest BCUT2D eigenvalue weighted by Crippen LogP contribution is -2.26. The number of benzene rings is 1. The zero-order valence-electron chi connectivity index (χ0n) is 13.9. The van der Waals surface area contributed by atoms with Crippen molar-refractivity contribution in [2.45, 2.75) is 39.8 Å². The first kappa shape index (κ1) is 16.5. The van der Waals surface area contributed by atoms with Gasteiger partial charge in [-0.25, -0.2) is 4.98 Å². The molecule has 1 aromatic carbocycles. The maximum absolute atomic E-state index is 12.5. The third kappa shape index (κ3) is 3.28. The highest BCUT2D eigenvalue weighted by molar-refractivity contribution is 6.31. The minimum Gasteiger partial charge on any atom is -0.343 e. The number of rotatable bonds is 5. The second-order valence-corrected chi connectivity index (χ2v) is 6.39. The summed E-state index contributed by atoms with van der Waals surface area (Å²) < 4.78 is 1.73. The van der Waals surface area contributed by atoms with E-state index in [1.165, 1.54) is 0 Å². The Bertz CT molecular complexity index is 880. The first-order valence-electron chi connectivity index (χ1n) is 7.98. The zero-order valence-corrected chi connectivity index (χ0v) is 14.7. The molecule has 2 aromatic heterocycles. The third-order valence-electron chi connectivity index (χ3n) is 3.83. The van der Waals surface area contributed by atoms with Crippen molar-refractivity contribution >= 4 is 28.5 Å². The molecule has 24 heavy (non-hydrogen) atoms. The Labute approximate surface area is 145 Å². The van der Waals surface area contributed by atoms with E-state index in [0.717, 1.165) is 16.7 Å². The standard InChI is InChI=1S/C17H20ClN5O/c1-4-23-15(8-13(22-23)10(2)3)17(24)19-9-16-20-12-6-5-11(18)7-14(12)21-16/h5-8,10H,4,9H2,1-3H3,(H,19,24)(H,20,21). The molecule has 1 amide bonds. The summed E-state index contributed by atoms with van der Waals surface area (Å²) in [6.07, 6.45) is 0. The Hall–Kier alpha value is -2.34. The van der Waals surface area contributed by atoms with Crippen LogP contribution in [0.3, 0.4) is 0 Å². The number of hydrogen-bond acceptors (Lipinski definition) is 3. The van der Waals surface area contributed by atoms with Crippen LogP contribution in [0.15, 0.2) is 24.3 Å². The topological polar surface area (TPSA) is 75.6 Å². The van der Waals surface area contributed by atoms with Gasteiger partial charge in [0.2, 0.25) is 0 Å². The number of amides is 1. The lowest BCUT2D eigenvalue weighted by atomic mass is 10.1. The number of carbonyl (C=O) groups is 1. The van der Waals surface area contributed by atoms with E-state index < -0.39 is 0 Å². The molecule has 0 fully saturated rings. The molecule has 0 spiro atoms. The number of H-pyrrole nitrogens is 1. The van der Waals surface area contributed by atoms with Crippen LogP contribution in [0.1, 0.15) is 48.7 Å². The molecule has 0 aliphatic heterocycles. The van der Waals surface area contributed by atoms with Crippen LogP contribution >= 0.6 is 11.6 Å². The van der Waals surface area contributed by atoms with Crippen LogP contribution in [-0.4, -0.2) is 25.7 Å².